The normalized spacial score (nSPS) is 20.4. The second-order valence-corrected chi connectivity index (χ2v) is 6.05. The lowest BCUT2D eigenvalue weighted by molar-refractivity contribution is -0.122. The van der Waals surface area contributed by atoms with E-state index >= 15 is 0 Å². The summed E-state index contributed by atoms with van der Waals surface area (Å²) < 4.78 is 5.56. The summed E-state index contributed by atoms with van der Waals surface area (Å²) >= 11 is 0. The Labute approximate surface area is 145 Å². The Morgan fingerprint density at radius 1 is 1.35 bits per heavy atom. The summed E-state index contributed by atoms with van der Waals surface area (Å²) in [5.74, 6) is 1.05. The van der Waals surface area contributed by atoms with E-state index in [1.807, 2.05) is 24.3 Å². The molecule has 1 heterocycles. The zero-order valence-corrected chi connectivity index (χ0v) is 15.0. The zero-order valence-electron chi connectivity index (χ0n) is 14.1. The van der Waals surface area contributed by atoms with Crippen LogP contribution in [-0.4, -0.2) is 31.1 Å². The van der Waals surface area contributed by atoms with Gasteiger partial charge in [0.15, 0.2) is 0 Å². The number of halogens is 1. The van der Waals surface area contributed by atoms with Gasteiger partial charge in [0.25, 0.3) is 0 Å². The molecule has 0 bridgehead atoms. The molecular formula is C18H29ClN2O2. The lowest BCUT2D eigenvalue weighted by atomic mass is 9.99. The number of rotatable bonds is 7. The lowest BCUT2D eigenvalue weighted by Crippen LogP contribution is -2.51. The maximum atomic E-state index is 12.1. The molecule has 1 aliphatic rings. The summed E-state index contributed by atoms with van der Waals surface area (Å²) in [7, 11) is 0. The highest BCUT2D eigenvalue weighted by molar-refractivity contribution is 5.85. The fourth-order valence-electron chi connectivity index (χ4n) is 2.75. The highest BCUT2D eigenvalue weighted by Crippen LogP contribution is 2.14. The monoisotopic (exact) mass is 340 g/mol. The number of ether oxygens (including phenoxy) is 1. The third-order valence-corrected chi connectivity index (χ3v) is 4.15. The van der Waals surface area contributed by atoms with Gasteiger partial charge in [-0.1, -0.05) is 19.1 Å². The van der Waals surface area contributed by atoms with Crippen molar-refractivity contribution in [3.63, 3.8) is 0 Å². The molecule has 0 aliphatic carbocycles. The molecule has 1 amide bonds. The first-order valence-electron chi connectivity index (χ1n) is 8.43. The third-order valence-electron chi connectivity index (χ3n) is 4.15. The van der Waals surface area contributed by atoms with E-state index in [1.54, 1.807) is 0 Å². The molecule has 0 aromatic heterocycles. The van der Waals surface area contributed by atoms with E-state index in [0.717, 1.165) is 44.6 Å². The largest absolute Gasteiger partial charge is 0.494 e. The van der Waals surface area contributed by atoms with Crippen molar-refractivity contribution in [2.45, 2.75) is 58.0 Å². The second-order valence-electron chi connectivity index (χ2n) is 6.05. The van der Waals surface area contributed by atoms with Gasteiger partial charge in [-0.05, 0) is 56.8 Å². The summed E-state index contributed by atoms with van der Waals surface area (Å²) in [5, 5.41) is 6.56. The average molecular weight is 341 g/mol. The van der Waals surface area contributed by atoms with Crippen LogP contribution in [0, 0.1) is 0 Å². The topological polar surface area (TPSA) is 50.4 Å². The van der Waals surface area contributed by atoms with E-state index < -0.39 is 0 Å². The standard InChI is InChI=1S/C18H28N2O2.ClH/c1-3-13-22-16-9-6-15(7-10-16)8-11-18(21)20-17-5-4-12-19-14(17)2;/h6-7,9-10,14,17,19H,3-5,8,11-13H2,1-2H3,(H,20,21);1H. The van der Waals surface area contributed by atoms with Crippen LogP contribution in [0.1, 0.15) is 45.1 Å². The van der Waals surface area contributed by atoms with E-state index in [4.69, 9.17) is 4.74 Å². The van der Waals surface area contributed by atoms with Gasteiger partial charge in [0.2, 0.25) is 5.91 Å². The van der Waals surface area contributed by atoms with Crippen LogP contribution in [0.2, 0.25) is 0 Å². The first kappa shape index (κ1) is 19.8. The molecule has 0 radical (unpaired) electrons. The summed E-state index contributed by atoms with van der Waals surface area (Å²) in [6.07, 6.45) is 4.53. The lowest BCUT2D eigenvalue weighted by Gasteiger charge is -2.30. The maximum absolute atomic E-state index is 12.1. The highest BCUT2D eigenvalue weighted by Gasteiger charge is 2.21. The van der Waals surface area contributed by atoms with Crippen molar-refractivity contribution in [3.05, 3.63) is 29.8 Å². The molecule has 23 heavy (non-hydrogen) atoms. The van der Waals surface area contributed by atoms with Gasteiger partial charge in [0.1, 0.15) is 5.75 Å². The Kier molecular flexibility index (Phi) is 9.03. The van der Waals surface area contributed by atoms with E-state index in [1.165, 1.54) is 5.56 Å². The fraction of sp³-hybridized carbons (Fsp3) is 0.611. The molecular weight excluding hydrogens is 312 g/mol. The van der Waals surface area contributed by atoms with Gasteiger partial charge in [-0.3, -0.25) is 4.79 Å². The molecule has 2 rings (SSSR count). The minimum absolute atomic E-state index is 0. The number of aryl methyl sites for hydroxylation is 1. The maximum Gasteiger partial charge on any atom is 0.220 e. The van der Waals surface area contributed by atoms with Crippen LogP contribution in [0.15, 0.2) is 24.3 Å². The Bertz CT molecular complexity index is 465. The molecule has 2 atom stereocenters. The molecule has 1 saturated heterocycles. The number of benzene rings is 1. The molecule has 2 unspecified atom stereocenters. The molecule has 0 saturated carbocycles. The SMILES string of the molecule is CCCOc1ccc(CCC(=O)NC2CCCNC2C)cc1.Cl. The molecule has 2 N–H and O–H groups in total. The summed E-state index contributed by atoms with van der Waals surface area (Å²) in [5.41, 5.74) is 1.17. The van der Waals surface area contributed by atoms with Crippen LogP contribution in [0.4, 0.5) is 0 Å². The van der Waals surface area contributed by atoms with Crippen molar-refractivity contribution in [3.8, 4) is 5.75 Å². The van der Waals surface area contributed by atoms with Crippen molar-refractivity contribution < 1.29 is 9.53 Å². The van der Waals surface area contributed by atoms with Crippen molar-refractivity contribution in [1.29, 1.82) is 0 Å². The van der Waals surface area contributed by atoms with E-state index in [9.17, 15) is 4.79 Å². The minimum atomic E-state index is 0. The number of hydrogen-bond acceptors (Lipinski definition) is 3. The van der Waals surface area contributed by atoms with Crippen LogP contribution >= 0.6 is 12.4 Å². The molecule has 5 heteroatoms. The second kappa shape index (κ2) is 10.5. The smallest absolute Gasteiger partial charge is 0.220 e. The Morgan fingerprint density at radius 2 is 2.09 bits per heavy atom. The summed E-state index contributed by atoms with van der Waals surface area (Å²) in [6, 6.07) is 8.69. The van der Waals surface area contributed by atoms with E-state index in [2.05, 4.69) is 24.5 Å². The number of carbonyl (C=O) groups is 1. The molecule has 0 spiro atoms. The number of nitrogens with one attached hydrogen (secondary N) is 2. The van der Waals surface area contributed by atoms with Crippen LogP contribution < -0.4 is 15.4 Å². The number of hydrogen-bond donors (Lipinski definition) is 2. The van der Waals surface area contributed by atoms with Crippen LogP contribution in [0.5, 0.6) is 5.75 Å². The quantitative estimate of drug-likeness (QED) is 0.802. The van der Waals surface area contributed by atoms with Gasteiger partial charge in [-0.25, -0.2) is 0 Å². The average Bonchev–Trinajstić information content (AvgIpc) is 2.54. The van der Waals surface area contributed by atoms with E-state index in [-0.39, 0.29) is 24.4 Å². The minimum Gasteiger partial charge on any atom is -0.494 e. The highest BCUT2D eigenvalue weighted by atomic mass is 35.5. The van der Waals surface area contributed by atoms with Crippen molar-refractivity contribution >= 4 is 18.3 Å². The van der Waals surface area contributed by atoms with Gasteiger partial charge >= 0.3 is 0 Å². The zero-order chi connectivity index (χ0) is 15.8. The number of carbonyl (C=O) groups excluding carboxylic acids is 1. The fourth-order valence-corrected chi connectivity index (χ4v) is 2.75. The predicted octanol–water partition coefficient (Wildman–Crippen LogP) is 3.09. The summed E-state index contributed by atoms with van der Waals surface area (Å²) in [4.78, 5) is 12.1. The molecule has 1 aliphatic heterocycles. The Morgan fingerprint density at radius 3 is 2.74 bits per heavy atom. The Balaban J connectivity index is 0.00000264. The molecule has 1 aromatic carbocycles. The molecule has 1 fully saturated rings. The van der Waals surface area contributed by atoms with Crippen LogP contribution in [0.25, 0.3) is 0 Å². The van der Waals surface area contributed by atoms with Crippen LogP contribution in [0.3, 0.4) is 0 Å². The molecule has 130 valence electrons. The van der Waals surface area contributed by atoms with Gasteiger partial charge in [0, 0.05) is 18.5 Å². The van der Waals surface area contributed by atoms with Crippen molar-refractivity contribution in [2.24, 2.45) is 0 Å². The van der Waals surface area contributed by atoms with Crippen LogP contribution in [-0.2, 0) is 11.2 Å². The molecule has 1 aromatic rings. The predicted molar refractivity (Wildman–Crippen MR) is 96.4 cm³/mol. The van der Waals surface area contributed by atoms with E-state index in [0.29, 0.717) is 12.5 Å². The Hall–Kier alpha value is -1.26. The number of amides is 1. The number of piperidine rings is 1. The van der Waals surface area contributed by atoms with Gasteiger partial charge in [-0.15, -0.1) is 12.4 Å². The molecule has 4 nitrogen and oxygen atoms in total. The first-order valence-corrected chi connectivity index (χ1v) is 8.43. The first-order chi connectivity index (χ1) is 10.7. The van der Waals surface area contributed by atoms with Crippen molar-refractivity contribution in [1.82, 2.24) is 10.6 Å². The third kappa shape index (κ3) is 6.80. The van der Waals surface area contributed by atoms with Gasteiger partial charge < -0.3 is 15.4 Å². The van der Waals surface area contributed by atoms with Crippen molar-refractivity contribution in [2.75, 3.05) is 13.2 Å². The van der Waals surface area contributed by atoms with Gasteiger partial charge in [0.05, 0.1) is 6.61 Å². The summed E-state index contributed by atoms with van der Waals surface area (Å²) in [6.45, 7) is 6.03. The van der Waals surface area contributed by atoms with Gasteiger partial charge in [-0.2, -0.15) is 0 Å².